The van der Waals surface area contributed by atoms with Crippen LogP contribution in [-0.2, 0) is 5.88 Å². The second-order valence-electron chi connectivity index (χ2n) is 3.87. The summed E-state index contributed by atoms with van der Waals surface area (Å²) in [6.07, 6.45) is 0. The fourth-order valence-corrected chi connectivity index (χ4v) is 2.01. The third kappa shape index (κ3) is 2.77. The van der Waals surface area contributed by atoms with E-state index >= 15 is 0 Å². The Morgan fingerprint density at radius 3 is 2.72 bits per heavy atom. The van der Waals surface area contributed by atoms with E-state index in [1.165, 1.54) is 12.1 Å². The molecule has 4 heteroatoms. The minimum atomic E-state index is -0.352. The highest BCUT2D eigenvalue weighted by molar-refractivity contribution is 6.32. The van der Waals surface area contributed by atoms with Crippen LogP contribution in [0.5, 0.6) is 11.5 Å². The van der Waals surface area contributed by atoms with E-state index in [2.05, 4.69) is 0 Å². The summed E-state index contributed by atoms with van der Waals surface area (Å²) in [5.74, 6) is 0.844. The number of aryl methyl sites for hydroxylation is 1. The molecule has 0 radical (unpaired) electrons. The predicted octanol–water partition coefficient (Wildman–Crippen LogP) is 5.32. The molecule has 2 aromatic carbocycles. The van der Waals surface area contributed by atoms with E-state index in [1.54, 1.807) is 18.2 Å². The van der Waals surface area contributed by atoms with Crippen LogP contribution in [0.25, 0.3) is 0 Å². The average Bonchev–Trinajstić information content (AvgIpc) is 2.36. The Bertz CT molecular complexity index is 570. The molecular weight excluding hydrogens is 274 g/mol. The molecule has 0 unspecified atom stereocenters. The summed E-state index contributed by atoms with van der Waals surface area (Å²) in [6, 6.07) is 9.70. The van der Waals surface area contributed by atoms with Crippen molar-refractivity contribution in [2.24, 2.45) is 0 Å². The van der Waals surface area contributed by atoms with Crippen molar-refractivity contribution >= 4 is 23.2 Å². The molecule has 0 aliphatic carbocycles. The molecule has 0 aromatic heterocycles. The summed E-state index contributed by atoms with van der Waals surface area (Å²) < 4.78 is 18.9. The largest absolute Gasteiger partial charge is 0.455 e. The highest BCUT2D eigenvalue weighted by Gasteiger charge is 2.11. The number of ether oxygens (including phenoxy) is 1. The van der Waals surface area contributed by atoms with Gasteiger partial charge in [0.15, 0.2) is 0 Å². The quantitative estimate of drug-likeness (QED) is 0.693. The highest BCUT2D eigenvalue weighted by Crippen LogP contribution is 2.35. The van der Waals surface area contributed by atoms with Gasteiger partial charge in [0.05, 0.1) is 10.9 Å². The molecule has 2 rings (SSSR count). The zero-order valence-electron chi connectivity index (χ0n) is 9.71. The van der Waals surface area contributed by atoms with Crippen LogP contribution in [0.15, 0.2) is 36.4 Å². The lowest BCUT2D eigenvalue weighted by atomic mass is 10.2. The molecule has 1 nitrogen and oxygen atoms in total. The third-order valence-corrected chi connectivity index (χ3v) is 3.14. The first-order valence-corrected chi connectivity index (χ1v) is 6.30. The van der Waals surface area contributed by atoms with E-state index in [0.717, 1.165) is 11.1 Å². The Kier molecular flexibility index (Phi) is 4.10. The van der Waals surface area contributed by atoms with Crippen molar-refractivity contribution in [3.8, 4) is 11.5 Å². The summed E-state index contributed by atoms with van der Waals surface area (Å²) in [6.45, 7) is 1.84. The van der Waals surface area contributed by atoms with Crippen molar-refractivity contribution in [2.45, 2.75) is 12.8 Å². The molecule has 0 heterocycles. The van der Waals surface area contributed by atoms with Crippen LogP contribution in [0.2, 0.25) is 5.02 Å². The summed E-state index contributed by atoms with van der Waals surface area (Å²) in [5.41, 5.74) is 1.60. The molecule has 18 heavy (non-hydrogen) atoms. The molecule has 0 saturated carbocycles. The molecular formula is C14H11Cl2FO. The summed E-state index contributed by atoms with van der Waals surface area (Å²) in [7, 11) is 0. The van der Waals surface area contributed by atoms with Crippen molar-refractivity contribution in [3.63, 3.8) is 0 Å². The fraction of sp³-hybridized carbons (Fsp3) is 0.143. The van der Waals surface area contributed by atoms with Crippen LogP contribution in [0.1, 0.15) is 11.1 Å². The van der Waals surface area contributed by atoms with Crippen LogP contribution in [-0.4, -0.2) is 0 Å². The molecule has 0 fully saturated rings. The van der Waals surface area contributed by atoms with Gasteiger partial charge in [-0.3, -0.25) is 0 Å². The predicted molar refractivity (Wildman–Crippen MR) is 72.2 cm³/mol. The molecule has 0 aliphatic rings. The number of hydrogen-bond donors (Lipinski definition) is 0. The van der Waals surface area contributed by atoms with Gasteiger partial charge in [0.1, 0.15) is 17.3 Å². The normalized spacial score (nSPS) is 10.4. The van der Waals surface area contributed by atoms with E-state index in [0.29, 0.717) is 16.5 Å². The van der Waals surface area contributed by atoms with Crippen molar-refractivity contribution in [1.29, 1.82) is 0 Å². The monoisotopic (exact) mass is 284 g/mol. The van der Waals surface area contributed by atoms with Gasteiger partial charge in [-0.25, -0.2) is 4.39 Å². The minimum Gasteiger partial charge on any atom is -0.455 e. The lowest BCUT2D eigenvalue weighted by Gasteiger charge is -2.13. The first kappa shape index (κ1) is 13.2. The number of halogens is 3. The second-order valence-corrected chi connectivity index (χ2v) is 4.55. The maximum atomic E-state index is 13.2. The van der Waals surface area contributed by atoms with Crippen molar-refractivity contribution in [1.82, 2.24) is 0 Å². The van der Waals surface area contributed by atoms with Gasteiger partial charge in [-0.15, -0.1) is 11.6 Å². The number of rotatable bonds is 3. The number of benzene rings is 2. The van der Waals surface area contributed by atoms with Gasteiger partial charge < -0.3 is 4.74 Å². The smallest absolute Gasteiger partial charge is 0.150 e. The molecule has 0 spiro atoms. The molecule has 0 N–H and O–H groups in total. The van der Waals surface area contributed by atoms with E-state index in [4.69, 9.17) is 27.9 Å². The van der Waals surface area contributed by atoms with Gasteiger partial charge in [-0.05, 0) is 24.6 Å². The molecule has 0 aliphatic heterocycles. The number of hydrogen-bond acceptors (Lipinski definition) is 1. The summed E-state index contributed by atoms with van der Waals surface area (Å²) >= 11 is 11.9. The third-order valence-electron chi connectivity index (χ3n) is 2.55. The topological polar surface area (TPSA) is 9.23 Å². The Balaban J connectivity index is 2.42. The Hall–Kier alpha value is -1.25. The van der Waals surface area contributed by atoms with Crippen molar-refractivity contribution in [3.05, 3.63) is 58.4 Å². The van der Waals surface area contributed by atoms with Crippen LogP contribution in [0.3, 0.4) is 0 Å². The number of para-hydroxylation sites is 1. The molecule has 0 atom stereocenters. The SMILES string of the molecule is Cc1ccc(F)cc1Oc1c(Cl)cccc1CCl. The lowest BCUT2D eigenvalue weighted by Crippen LogP contribution is -1.93. The molecule has 0 saturated heterocycles. The van der Waals surface area contributed by atoms with E-state index in [1.807, 2.05) is 13.0 Å². The van der Waals surface area contributed by atoms with Crippen molar-refractivity contribution < 1.29 is 9.13 Å². The van der Waals surface area contributed by atoms with Gasteiger partial charge >= 0.3 is 0 Å². The van der Waals surface area contributed by atoms with E-state index in [9.17, 15) is 4.39 Å². The molecule has 2 aromatic rings. The second kappa shape index (κ2) is 5.59. The minimum absolute atomic E-state index is 0.282. The van der Waals surface area contributed by atoms with Crippen molar-refractivity contribution in [2.75, 3.05) is 0 Å². The maximum absolute atomic E-state index is 13.2. The zero-order valence-corrected chi connectivity index (χ0v) is 11.2. The highest BCUT2D eigenvalue weighted by atomic mass is 35.5. The van der Waals surface area contributed by atoms with Gasteiger partial charge in [0.25, 0.3) is 0 Å². The van der Waals surface area contributed by atoms with Gasteiger partial charge in [0.2, 0.25) is 0 Å². The summed E-state index contributed by atoms with van der Waals surface area (Å²) in [5, 5.41) is 0.455. The van der Waals surface area contributed by atoms with E-state index in [-0.39, 0.29) is 11.7 Å². The van der Waals surface area contributed by atoms with Crippen LogP contribution in [0.4, 0.5) is 4.39 Å². The summed E-state index contributed by atoms with van der Waals surface area (Å²) in [4.78, 5) is 0. The van der Waals surface area contributed by atoms with Gasteiger partial charge in [-0.1, -0.05) is 29.8 Å². The van der Waals surface area contributed by atoms with E-state index < -0.39 is 0 Å². The lowest BCUT2D eigenvalue weighted by molar-refractivity contribution is 0.469. The number of alkyl halides is 1. The fourth-order valence-electron chi connectivity index (χ4n) is 1.57. The zero-order chi connectivity index (χ0) is 13.1. The van der Waals surface area contributed by atoms with Crippen LogP contribution >= 0.6 is 23.2 Å². The Labute approximate surface area is 115 Å². The first-order valence-electron chi connectivity index (χ1n) is 5.39. The standard InChI is InChI=1S/C14H11Cl2FO/c1-9-5-6-11(17)7-13(9)18-14-10(8-15)3-2-4-12(14)16/h2-7H,8H2,1H3. The average molecular weight is 285 g/mol. The Morgan fingerprint density at radius 2 is 2.00 bits per heavy atom. The van der Waals surface area contributed by atoms with Gasteiger partial charge in [0, 0.05) is 11.6 Å². The molecule has 94 valence electrons. The molecule has 0 bridgehead atoms. The van der Waals surface area contributed by atoms with Crippen LogP contribution < -0.4 is 4.74 Å². The Morgan fingerprint density at radius 1 is 1.22 bits per heavy atom. The first-order chi connectivity index (χ1) is 8.61. The van der Waals surface area contributed by atoms with Gasteiger partial charge in [-0.2, -0.15) is 0 Å². The molecule has 0 amide bonds. The maximum Gasteiger partial charge on any atom is 0.150 e. The van der Waals surface area contributed by atoms with Crippen LogP contribution in [0, 0.1) is 12.7 Å².